The maximum atomic E-state index is 12.0. The van der Waals surface area contributed by atoms with Gasteiger partial charge in [-0.1, -0.05) is 23.7 Å². The predicted octanol–water partition coefficient (Wildman–Crippen LogP) is 1.94. The summed E-state index contributed by atoms with van der Waals surface area (Å²) < 4.78 is 0. The molecule has 0 aromatic heterocycles. The van der Waals surface area contributed by atoms with E-state index in [9.17, 15) is 9.90 Å². The number of β-amino-alcohol motifs (C(OH)–C–C–N with tert-alkyl or cyclic N) is 1. The molecule has 0 spiro atoms. The number of benzene rings is 1. The summed E-state index contributed by atoms with van der Waals surface area (Å²) in [5.41, 5.74) is 0. The molecule has 3 atom stereocenters. The number of aliphatic hydroxyl groups is 1. The van der Waals surface area contributed by atoms with E-state index in [2.05, 4.69) is 10.6 Å². The summed E-state index contributed by atoms with van der Waals surface area (Å²) in [6, 6.07) is 7.49. The first-order valence-electron chi connectivity index (χ1n) is 6.65. The number of halogens is 2. The minimum absolute atomic E-state index is 0. The van der Waals surface area contributed by atoms with E-state index < -0.39 is 0 Å². The predicted molar refractivity (Wildman–Crippen MR) is 89.4 cm³/mol. The van der Waals surface area contributed by atoms with Gasteiger partial charge < -0.3 is 15.7 Å². The Labute approximate surface area is 140 Å². The molecule has 4 nitrogen and oxygen atoms in total. The molecule has 1 aliphatic rings. The SMILES string of the molecule is CC(Sc1ccccc1Cl)C(=O)NCC1CNCC1O.Cl. The smallest absolute Gasteiger partial charge is 0.233 e. The van der Waals surface area contributed by atoms with Crippen LogP contribution in [-0.2, 0) is 4.79 Å². The largest absolute Gasteiger partial charge is 0.391 e. The van der Waals surface area contributed by atoms with Crippen molar-refractivity contribution in [2.45, 2.75) is 23.2 Å². The van der Waals surface area contributed by atoms with Crippen molar-refractivity contribution in [3.63, 3.8) is 0 Å². The normalized spacial score (nSPS) is 22.4. The number of carbonyl (C=O) groups is 1. The number of rotatable bonds is 5. The van der Waals surface area contributed by atoms with Gasteiger partial charge in [-0.25, -0.2) is 0 Å². The molecule has 1 amide bonds. The summed E-state index contributed by atoms with van der Waals surface area (Å²) in [5.74, 6) is 0.0606. The van der Waals surface area contributed by atoms with Crippen molar-refractivity contribution in [3.05, 3.63) is 29.3 Å². The molecule has 3 N–H and O–H groups in total. The molecule has 2 rings (SSSR count). The maximum Gasteiger partial charge on any atom is 0.233 e. The molecule has 0 radical (unpaired) electrons. The van der Waals surface area contributed by atoms with Gasteiger partial charge in [0.25, 0.3) is 0 Å². The van der Waals surface area contributed by atoms with Gasteiger partial charge >= 0.3 is 0 Å². The Morgan fingerprint density at radius 2 is 2.24 bits per heavy atom. The first-order valence-corrected chi connectivity index (χ1v) is 7.91. The molecule has 1 saturated heterocycles. The number of thioether (sulfide) groups is 1. The van der Waals surface area contributed by atoms with E-state index >= 15 is 0 Å². The van der Waals surface area contributed by atoms with Crippen molar-refractivity contribution in [1.29, 1.82) is 0 Å². The monoisotopic (exact) mass is 350 g/mol. The maximum absolute atomic E-state index is 12.0. The van der Waals surface area contributed by atoms with E-state index in [1.165, 1.54) is 11.8 Å². The van der Waals surface area contributed by atoms with Crippen LogP contribution in [0.4, 0.5) is 0 Å². The Bertz CT molecular complexity index is 476. The van der Waals surface area contributed by atoms with Crippen LogP contribution in [0.15, 0.2) is 29.2 Å². The number of hydrogen-bond acceptors (Lipinski definition) is 4. The van der Waals surface area contributed by atoms with E-state index in [1.54, 1.807) is 0 Å². The van der Waals surface area contributed by atoms with Gasteiger partial charge in [0.2, 0.25) is 5.91 Å². The molecule has 3 unspecified atom stereocenters. The van der Waals surface area contributed by atoms with Gasteiger partial charge in [-0.05, 0) is 19.1 Å². The van der Waals surface area contributed by atoms with Crippen LogP contribution in [0, 0.1) is 5.92 Å². The molecular formula is C14H20Cl2N2O2S. The third-order valence-corrected chi connectivity index (χ3v) is 4.97. The van der Waals surface area contributed by atoms with Crippen LogP contribution < -0.4 is 10.6 Å². The van der Waals surface area contributed by atoms with Gasteiger partial charge in [-0.3, -0.25) is 4.79 Å². The molecule has 0 bridgehead atoms. The Balaban J connectivity index is 0.00000220. The van der Waals surface area contributed by atoms with Crippen molar-refractivity contribution in [3.8, 4) is 0 Å². The molecule has 1 aliphatic heterocycles. The van der Waals surface area contributed by atoms with Gasteiger partial charge in [0.15, 0.2) is 0 Å². The fourth-order valence-corrected chi connectivity index (χ4v) is 3.27. The average molecular weight is 351 g/mol. The zero-order valence-electron chi connectivity index (χ0n) is 11.7. The van der Waals surface area contributed by atoms with E-state index in [4.69, 9.17) is 11.6 Å². The summed E-state index contributed by atoms with van der Waals surface area (Å²) in [7, 11) is 0. The van der Waals surface area contributed by atoms with Crippen molar-refractivity contribution >= 4 is 41.7 Å². The lowest BCUT2D eigenvalue weighted by Crippen LogP contribution is -2.38. The topological polar surface area (TPSA) is 61.4 Å². The Hall–Kier alpha value is -0.460. The summed E-state index contributed by atoms with van der Waals surface area (Å²) in [5, 5.41) is 16.1. The van der Waals surface area contributed by atoms with Crippen LogP contribution in [0.5, 0.6) is 0 Å². The lowest BCUT2D eigenvalue weighted by Gasteiger charge is -2.17. The second-order valence-corrected chi connectivity index (χ2v) is 6.71. The highest BCUT2D eigenvalue weighted by Crippen LogP contribution is 2.29. The number of hydrogen-bond donors (Lipinski definition) is 3. The quantitative estimate of drug-likeness (QED) is 0.710. The average Bonchev–Trinajstić information content (AvgIpc) is 2.84. The van der Waals surface area contributed by atoms with Crippen molar-refractivity contribution in [1.82, 2.24) is 10.6 Å². The second kappa shape index (κ2) is 8.86. The van der Waals surface area contributed by atoms with Crippen molar-refractivity contribution in [2.75, 3.05) is 19.6 Å². The number of nitrogens with one attached hydrogen (secondary N) is 2. The molecular weight excluding hydrogens is 331 g/mol. The second-order valence-electron chi connectivity index (χ2n) is 4.92. The molecule has 7 heteroatoms. The summed E-state index contributed by atoms with van der Waals surface area (Å²) in [6.45, 7) is 3.70. The number of carbonyl (C=O) groups excluding carboxylic acids is 1. The summed E-state index contributed by atoms with van der Waals surface area (Å²) in [4.78, 5) is 12.9. The van der Waals surface area contributed by atoms with Gasteiger partial charge in [-0.15, -0.1) is 24.2 Å². The highest BCUT2D eigenvalue weighted by atomic mass is 35.5. The molecule has 1 aromatic rings. The zero-order chi connectivity index (χ0) is 14.5. The van der Waals surface area contributed by atoms with Crippen molar-refractivity contribution < 1.29 is 9.90 Å². The number of amides is 1. The van der Waals surface area contributed by atoms with Crippen LogP contribution in [0.3, 0.4) is 0 Å². The van der Waals surface area contributed by atoms with Crippen LogP contribution in [-0.4, -0.2) is 42.0 Å². The fourth-order valence-electron chi connectivity index (χ4n) is 2.09. The molecule has 0 aliphatic carbocycles. The third-order valence-electron chi connectivity index (χ3n) is 3.35. The number of aliphatic hydroxyl groups excluding tert-OH is 1. The molecule has 0 saturated carbocycles. The summed E-state index contributed by atoms with van der Waals surface area (Å²) >= 11 is 7.52. The third kappa shape index (κ3) is 5.34. The van der Waals surface area contributed by atoms with Crippen LogP contribution in [0.2, 0.25) is 5.02 Å². The lowest BCUT2D eigenvalue weighted by molar-refractivity contribution is -0.120. The van der Waals surface area contributed by atoms with E-state index in [0.29, 0.717) is 18.1 Å². The molecule has 1 heterocycles. The molecule has 21 heavy (non-hydrogen) atoms. The van der Waals surface area contributed by atoms with Gasteiger partial charge in [-0.2, -0.15) is 0 Å². The van der Waals surface area contributed by atoms with E-state index in [0.717, 1.165) is 11.4 Å². The first kappa shape index (κ1) is 18.6. The van der Waals surface area contributed by atoms with Gasteiger partial charge in [0.1, 0.15) is 0 Å². The molecule has 1 fully saturated rings. The Morgan fingerprint density at radius 3 is 2.86 bits per heavy atom. The Morgan fingerprint density at radius 1 is 1.52 bits per heavy atom. The van der Waals surface area contributed by atoms with E-state index in [-0.39, 0.29) is 35.6 Å². The Kier molecular flexibility index (Phi) is 7.84. The summed E-state index contributed by atoms with van der Waals surface area (Å²) in [6.07, 6.45) is -0.373. The molecule has 1 aromatic carbocycles. The van der Waals surface area contributed by atoms with E-state index in [1.807, 2.05) is 31.2 Å². The molecule has 118 valence electrons. The van der Waals surface area contributed by atoms with Gasteiger partial charge in [0, 0.05) is 30.4 Å². The highest BCUT2D eigenvalue weighted by Gasteiger charge is 2.26. The highest BCUT2D eigenvalue weighted by molar-refractivity contribution is 8.00. The minimum atomic E-state index is -0.373. The lowest BCUT2D eigenvalue weighted by atomic mass is 10.1. The fraction of sp³-hybridized carbons (Fsp3) is 0.500. The first-order chi connectivity index (χ1) is 9.58. The zero-order valence-corrected chi connectivity index (χ0v) is 14.1. The van der Waals surface area contributed by atoms with Crippen LogP contribution >= 0.6 is 35.8 Å². The standard InChI is InChI=1S/C14H19ClN2O2S.ClH/c1-9(20-13-5-3-2-4-11(13)15)14(19)17-7-10-6-16-8-12(10)18;/h2-5,9-10,12,16,18H,6-8H2,1H3,(H,17,19);1H. The van der Waals surface area contributed by atoms with Crippen molar-refractivity contribution in [2.24, 2.45) is 5.92 Å². The minimum Gasteiger partial charge on any atom is -0.391 e. The van der Waals surface area contributed by atoms with Crippen LogP contribution in [0.1, 0.15) is 6.92 Å². The van der Waals surface area contributed by atoms with Gasteiger partial charge in [0.05, 0.1) is 16.4 Å². The van der Waals surface area contributed by atoms with Crippen LogP contribution in [0.25, 0.3) is 0 Å².